The minimum atomic E-state index is 0.130. The lowest BCUT2D eigenvalue weighted by Gasteiger charge is -2.21. The van der Waals surface area contributed by atoms with Crippen LogP contribution in [0.3, 0.4) is 0 Å². The van der Waals surface area contributed by atoms with Gasteiger partial charge in [0.05, 0.1) is 6.10 Å². The van der Waals surface area contributed by atoms with E-state index in [9.17, 15) is 4.79 Å². The molecule has 0 aliphatic carbocycles. The normalized spacial score (nSPS) is 20.8. The molecular formula is C7H12NO2. The largest absolute Gasteiger partial charge is 0.370 e. The lowest BCUT2D eigenvalue weighted by atomic mass is 10.1. The van der Waals surface area contributed by atoms with Crippen molar-refractivity contribution in [2.75, 3.05) is 19.7 Å². The van der Waals surface area contributed by atoms with Crippen LogP contribution in [0, 0.1) is 0 Å². The van der Waals surface area contributed by atoms with Crippen molar-refractivity contribution in [3.8, 4) is 0 Å². The molecule has 10 heavy (non-hydrogen) atoms. The van der Waals surface area contributed by atoms with Crippen LogP contribution in [0.15, 0.2) is 0 Å². The molecule has 0 saturated carbocycles. The summed E-state index contributed by atoms with van der Waals surface area (Å²) in [6, 6.07) is 0. The van der Waals surface area contributed by atoms with Crippen LogP contribution in [-0.4, -0.2) is 32.1 Å². The highest BCUT2D eigenvalue weighted by Crippen LogP contribution is 2.05. The minimum Gasteiger partial charge on any atom is -0.370 e. The highest BCUT2D eigenvalue weighted by molar-refractivity contribution is 5.51. The van der Waals surface area contributed by atoms with Crippen LogP contribution in [0.2, 0.25) is 0 Å². The Morgan fingerprint density at radius 1 is 1.50 bits per heavy atom. The third-order valence-electron chi connectivity index (χ3n) is 1.66. The van der Waals surface area contributed by atoms with Crippen molar-refractivity contribution >= 4 is 6.29 Å². The average molecular weight is 142 g/mol. The van der Waals surface area contributed by atoms with Gasteiger partial charge in [0.2, 0.25) is 6.29 Å². The van der Waals surface area contributed by atoms with Crippen LogP contribution >= 0.6 is 0 Å². The Morgan fingerprint density at radius 2 is 2.20 bits per heavy atom. The lowest BCUT2D eigenvalue weighted by molar-refractivity contribution is 0.0571. The Labute approximate surface area is 60.7 Å². The molecule has 0 aromatic heterocycles. The molecule has 1 radical (unpaired) electrons. The summed E-state index contributed by atoms with van der Waals surface area (Å²) in [5, 5.41) is 3.21. The molecule has 0 aromatic carbocycles. The molecule has 0 amide bonds. The van der Waals surface area contributed by atoms with Crippen molar-refractivity contribution in [3.63, 3.8) is 0 Å². The van der Waals surface area contributed by atoms with Gasteiger partial charge in [0, 0.05) is 0 Å². The zero-order chi connectivity index (χ0) is 7.23. The molecule has 1 aliphatic rings. The van der Waals surface area contributed by atoms with Crippen molar-refractivity contribution in [2.24, 2.45) is 0 Å². The third kappa shape index (κ3) is 2.45. The van der Waals surface area contributed by atoms with Crippen LogP contribution < -0.4 is 5.32 Å². The Bertz CT molecular complexity index is 99.8. The van der Waals surface area contributed by atoms with Gasteiger partial charge in [-0.25, -0.2) is 0 Å². The Kier molecular flexibility index (Phi) is 3.40. The van der Waals surface area contributed by atoms with Gasteiger partial charge in [-0.05, 0) is 25.9 Å². The molecule has 0 aromatic rings. The average Bonchev–Trinajstić information content (AvgIpc) is 2.03. The number of piperidine rings is 1. The molecule has 1 N–H and O–H groups in total. The zero-order valence-corrected chi connectivity index (χ0v) is 5.93. The fraction of sp³-hybridized carbons (Fsp3) is 0.857. The monoisotopic (exact) mass is 142 g/mol. The number of hydrogen-bond donors (Lipinski definition) is 1. The van der Waals surface area contributed by atoms with E-state index in [1.54, 1.807) is 6.29 Å². The first-order valence-electron chi connectivity index (χ1n) is 3.61. The maximum Gasteiger partial charge on any atom is 0.226 e. The van der Waals surface area contributed by atoms with E-state index < -0.39 is 0 Å². The second kappa shape index (κ2) is 4.41. The Morgan fingerprint density at radius 3 is 2.80 bits per heavy atom. The van der Waals surface area contributed by atoms with E-state index in [2.05, 4.69) is 5.32 Å². The summed E-state index contributed by atoms with van der Waals surface area (Å²) < 4.78 is 5.17. The van der Waals surface area contributed by atoms with Crippen molar-refractivity contribution < 1.29 is 9.53 Å². The molecule has 57 valence electrons. The van der Waals surface area contributed by atoms with Gasteiger partial charge in [-0.15, -0.1) is 0 Å². The second-order valence-electron chi connectivity index (χ2n) is 2.40. The topological polar surface area (TPSA) is 38.3 Å². The van der Waals surface area contributed by atoms with Crippen molar-refractivity contribution in [2.45, 2.75) is 18.9 Å². The smallest absolute Gasteiger partial charge is 0.226 e. The highest BCUT2D eigenvalue weighted by atomic mass is 16.5. The van der Waals surface area contributed by atoms with Gasteiger partial charge in [-0.1, -0.05) is 0 Å². The van der Waals surface area contributed by atoms with Gasteiger partial charge >= 0.3 is 0 Å². The van der Waals surface area contributed by atoms with Crippen molar-refractivity contribution in [3.05, 3.63) is 0 Å². The fourth-order valence-corrected chi connectivity index (χ4v) is 1.11. The highest BCUT2D eigenvalue weighted by Gasteiger charge is 2.12. The summed E-state index contributed by atoms with van der Waals surface area (Å²) in [5.41, 5.74) is 0. The quantitative estimate of drug-likeness (QED) is 0.596. The summed E-state index contributed by atoms with van der Waals surface area (Å²) in [7, 11) is 0. The van der Waals surface area contributed by atoms with E-state index in [0.29, 0.717) is 0 Å². The predicted molar refractivity (Wildman–Crippen MR) is 37.5 cm³/mol. The zero-order valence-electron chi connectivity index (χ0n) is 5.93. The maximum atomic E-state index is 9.78. The first-order valence-corrected chi connectivity index (χ1v) is 3.61. The van der Waals surface area contributed by atoms with E-state index in [0.717, 1.165) is 25.9 Å². The molecule has 1 fully saturated rings. The maximum absolute atomic E-state index is 9.78. The molecule has 0 bridgehead atoms. The number of hydrogen-bond acceptors (Lipinski definition) is 3. The Hall–Kier alpha value is -0.410. The SMILES string of the molecule is O=[C]COC1CCNCC1. The van der Waals surface area contributed by atoms with Crippen molar-refractivity contribution in [1.29, 1.82) is 0 Å². The molecule has 0 atom stereocenters. The first kappa shape index (κ1) is 7.69. The first-order chi connectivity index (χ1) is 4.93. The second-order valence-corrected chi connectivity index (χ2v) is 2.40. The van der Waals surface area contributed by atoms with Crippen LogP contribution in [0.4, 0.5) is 0 Å². The number of carbonyl (C=O) groups excluding carboxylic acids is 1. The summed E-state index contributed by atoms with van der Waals surface area (Å²) in [6.07, 6.45) is 4.03. The van der Waals surface area contributed by atoms with Gasteiger partial charge in [-0.2, -0.15) is 0 Å². The standard InChI is InChI=1S/C7H12NO2/c9-5-6-10-7-1-3-8-4-2-7/h7-8H,1-4,6H2. The number of ether oxygens (including phenoxy) is 1. The van der Waals surface area contributed by atoms with Crippen LogP contribution in [0.1, 0.15) is 12.8 Å². The molecule has 1 saturated heterocycles. The van der Waals surface area contributed by atoms with Crippen LogP contribution in [0.5, 0.6) is 0 Å². The number of nitrogens with one attached hydrogen (secondary N) is 1. The summed E-state index contributed by atoms with van der Waals surface area (Å²) in [6.45, 7) is 2.14. The van der Waals surface area contributed by atoms with Gasteiger partial charge in [0.1, 0.15) is 6.61 Å². The van der Waals surface area contributed by atoms with Crippen LogP contribution in [-0.2, 0) is 9.53 Å². The Balaban J connectivity index is 2.07. The molecule has 1 aliphatic heterocycles. The summed E-state index contributed by atoms with van der Waals surface area (Å²) in [4.78, 5) is 9.78. The van der Waals surface area contributed by atoms with E-state index in [-0.39, 0.29) is 12.7 Å². The molecule has 0 spiro atoms. The van der Waals surface area contributed by atoms with E-state index >= 15 is 0 Å². The summed E-state index contributed by atoms with van der Waals surface area (Å²) >= 11 is 0. The molecular weight excluding hydrogens is 130 g/mol. The molecule has 1 heterocycles. The molecule has 3 nitrogen and oxygen atoms in total. The van der Waals surface area contributed by atoms with Gasteiger partial charge in [0.15, 0.2) is 0 Å². The van der Waals surface area contributed by atoms with Crippen molar-refractivity contribution in [1.82, 2.24) is 5.32 Å². The third-order valence-corrected chi connectivity index (χ3v) is 1.66. The van der Waals surface area contributed by atoms with Gasteiger partial charge in [0.25, 0.3) is 0 Å². The molecule has 1 rings (SSSR count). The van der Waals surface area contributed by atoms with E-state index in [1.165, 1.54) is 0 Å². The van der Waals surface area contributed by atoms with Gasteiger partial charge in [-0.3, -0.25) is 4.79 Å². The van der Waals surface area contributed by atoms with E-state index in [1.807, 2.05) is 0 Å². The fourth-order valence-electron chi connectivity index (χ4n) is 1.11. The summed E-state index contributed by atoms with van der Waals surface area (Å²) in [5.74, 6) is 0. The molecule has 3 heteroatoms. The lowest BCUT2D eigenvalue weighted by Crippen LogP contribution is -2.32. The minimum absolute atomic E-state index is 0.130. The van der Waals surface area contributed by atoms with E-state index in [4.69, 9.17) is 4.74 Å². The van der Waals surface area contributed by atoms with Crippen LogP contribution in [0.25, 0.3) is 0 Å². The molecule has 0 unspecified atom stereocenters. The van der Waals surface area contributed by atoms with Gasteiger partial charge < -0.3 is 10.1 Å². The predicted octanol–water partition coefficient (Wildman–Crippen LogP) is -0.135. The number of rotatable bonds is 3.